The van der Waals surface area contributed by atoms with Gasteiger partial charge in [-0.25, -0.2) is 14.6 Å². The Hall–Kier alpha value is -3.59. The minimum Gasteiger partial charge on any atom is -0.430 e. The molecule has 0 radical (unpaired) electrons. The maximum atomic E-state index is 11.5. The summed E-state index contributed by atoms with van der Waals surface area (Å²) in [5, 5.41) is 5.07. The largest absolute Gasteiger partial charge is 0.430 e. The van der Waals surface area contributed by atoms with E-state index in [0.29, 0.717) is 29.1 Å². The zero-order chi connectivity index (χ0) is 20.4. The van der Waals surface area contributed by atoms with Crippen LogP contribution in [0.5, 0.6) is 0 Å². The van der Waals surface area contributed by atoms with Crippen molar-refractivity contribution in [2.75, 3.05) is 5.73 Å². The second-order valence-electron chi connectivity index (χ2n) is 6.40. The van der Waals surface area contributed by atoms with Crippen LogP contribution < -0.4 is 5.73 Å². The molecule has 0 saturated heterocycles. The molecule has 1 atom stereocenters. The first kappa shape index (κ1) is 18.8. The molecule has 9 heteroatoms. The fraction of sp³-hybridized carbons (Fsp3) is 0.150. The van der Waals surface area contributed by atoms with E-state index >= 15 is 0 Å². The number of nitrogens with zero attached hydrogens (tertiary/aromatic N) is 5. The number of rotatable bonds is 6. The number of thiazole rings is 1. The fourth-order valence-corrected chi connectivity index (χ4v) is 3.96. The van der Waals surface area contributed by atoms with E-state index in [1.54, 1.807) is 22.6 Å². The minimum absolute atomic E-state index is 0.344. The summed E-state index contributed by atoms with van der Waals surface area (Å²) in [6, 6.07) is 7.48. The van der Waals surface area contributed by atoms with Gasteiger partial charge >= 0.3 is 0 Å². The number of hydrogen-bond acceptors (Lipinski definition) is 8. The third kappa shape index (κ3) is 3.36. The molecule has 4 rings (SSSR count). The molecule has 0 fully saturated rings. The molecule has 4 aromatic rings. The molecule has 0 aliphatic rings. The second kappa shape index (κ2) is 7.80. The maximum absolute atomic E-state index is 11.5. The van der Waals surface area contributed by atoms with Gasteiger partial charge in [-0.3, -0.25) is 9.78 Å². The lowest BCUT2D eigenvalue weighted by Gasteiger charge is -2.20. The molecule has 0 aliphatic carbocycles. The highest BCUT2D eigenvalue weighted by Crippen LogP contribution is 2.36. The number of carbonyl (C=O) groups is 1. The molecule has 0 spiro atoms. The number of allylic oxidation sites excluding steroid dienone is 1. The third-order valence-corrected chi connectivity index (χ3v) is 5.47. The van der Waals surface area contributed by atoms with Crippen molar-refractivity contribution >= 4 is 40.2 Å². The third-order valence-electron chi connectivity index (χ3n) is 4.68. The summed E-state index contributed by atoms with van der Waals surface area (Å²) in [5.74, 6) is 0.789. The summed E-state index contributed by atoms with van der Waals surface area (Å²) < 4.78 is 7.22. The first-order valence-electron chi connectivity index (χ1n) is 8.84. The highest BCUT2D eigenvalue weighted by molar-refractivity contribution is 7.10. The van der Waals surface area contributed by atoms with Crippen LogP contribution in [0.15, 0.2) is 54.3 Å². The topological polar surface area (TPSA) is 109 Å². The average Bonchev–Trinajstić information content (AvgIpc) is 3.39. The summed E-state index contributed by atoms with van der Waals surface area (Å²) in [4.78, 5) is 24.9. The Labute approximate surface area is 170 Å². The maximum Gasteiger partial charge on any atom is 0.298 e. The Morgan fingerprint density at radius 3 is 2.83 bits per heavy atom. The molecule has 3 heterocycles. The Kier molecular flexibility index (Phi) is 5.05. The van der Waals surface area contributed by atoms with E-state index in [1.165, 1.54) is 17.7 Å². The highest BCUT2D eigenvalue weighted by Gasteiger charge is 2.25. The van der Waals surface area contributed by atoms with Gasteiger partial charge in [-0.2, -0.15) is 5.10 Å². The van der Waals surface area contributed by atoms with Crippen molar-refractivity contribution in [3.63, 3.8) is 0 Å². The van der Waals surface area contributed by atoms with Gasteiger partial charge in [0, 0.05) is 11.8 Å². The molecular formula is C20H18N6O2S. The van der Waals surface area contributed by atoms with E-state index in [-0.39, 0.29) is 0 Å². The summed E-state index contributed by atoms with van der Waals surface area (Å²) >= 11 is 1.47. The smallest absolute Gasteiger partial charge is 0.298 e. The summed E-state index contributed by atoms with van der Waals surface area (Å²) in [6.07, 6.45) is 4.76. The minimum atomic E-state index is -0.441. The second-order valence-corrected chi connectivity index (χ2v) is 7.28. The number of fused-ring (bicyclic) bond motifs is 1. The molecule has 0 bridgehead atoms. The van der Waals surface area contributed by atoms with Gasteiger partial charge in [-0.05, 0) is 25.0 Å². The number of anilines is 1. The molecule has 1 unspecified atom stereocenters. The van der Waals surface area contributed by atoms with Gasteiger partial charge in [0.2, 0.25) is 0 Å². The Morgan fingerprint density at radius 1 is 1.28 bits per heavy atom. The van der Waals surface area contributed by atoms with E-state index in [0.717, 1.165) is 21.6 Å². The molecule has 0 amide bonds. The van der Waals surface area contributed by atoms with Gasteiger partial charge in [0.05, 0.1) is 22.0 Å². The van der Waals surface area contributed by atoms with Crippen molar-refractivity contribution in [2.45, 2.75) is 19.9 Å². The van der Waals surface area contributed by atoms with Gasteiger partial charge in [-0.1, -0.05) is 24.3 Å². The van der Waals surface area contributed by atoms with Gasteiger partial charge in [0.1, 0.15) is 23.9 Å². The van der Waals surface area contributed by atoms with Crippen molar-refractivity contribution in [3.05, 3.63) is 70.3 Å². The van der Waals surface area contributed by atoms with Crippen LogP contribution in [0.25, 0.3) is 16.6 Å². The predicted octanol–water partition coefficient (Wildman–Crippen LogP) is 3.37. The van der Waals surface area contributed by atoms with Crippen LogP contribution in [0.3, 0.4) is 0 Å². The van der Waals surface area contributed by atoms with Crippen LogP contribution in [0, 0.1) is 6.92 Å². The van der Waals surface area contributed by atoms with Crippen LogP contribution in [0.2, 0.25) is 0 Å². The van der Waals surface area contributed by atoms with E-state index in [9.17, 15) is 4.79 Å². The lowest BCUT2D eigenvalue weighted by Crippen LogP contribution is -2.15. The molecule has 0 aliphatic heterocycles. The van der Waals surface area contributed by atoms with Crippen molar-refractivity contribution in [1.82, 2.24) is 24.7 Å². The van der Waals surface area contributed by atoms with Gasteiger partial charge in [-0.15, -0.1) is 11.3 Å². The number of nitrogen functional groups attached to an aromatic ring is 1. The van der Waals surface area contributed by atoms with Crippen LogP contribution >= 0.6 is 11.3 Å². The van der Waals surface area contributed by atoms with Crippen molar-refractivity contribution < 1.29 is 9.53 Å². The standard InChI is InChI=1S/C20H18N6O2S/c1-12-5-3-4-6-14(12)17(16-8-22-10-29-16)18(28-11-27)13(2)26-20-15(7-25-26)19(21)23-9-24-20/h3-11,13H,1-2H3,(H2,21,23,24)/b18-17+. The summed E-state index contributed by atoms with van der Waals surface area (Å²) in [6.45, 7) is 4.33. The monoisotopic (exact) mass is 406 g/mol. The number of hydrogen-bond donors (Lipinski definition) is 1. The molecule has 0 saturated carbocycles. The molecule has 8 nitrogen and oxygen atoms in total. The van der Waals surface area contributed by atoms with Crippen molar-refractivity contribution in [2.24, 2.45) is 0 Å². The van der Waals surface area contributed by atoms with Gasteiger partial charge in [0.15, 0.2) is 5.65 Å². The van der Waals surface area contributed by atoms with E-state index in [4.69, 9.17) is 10.5 Å². The fourth-order valence-electron chi connectivity index (χ4n) is 3.27. The van der Waals surface area contributed by atoms with Crippen LogP contribution in [-0.4, -0.2) is 31.2 Å². The van der Waals surface area contributed by atoms with E-state index in [1.807, 2.05) is 38.1 Å². The lowest BCUT2D eigenvalue weighted by atomic mass is 9.96. The predicted molar refractivity (Wildman–Crippen MR) is 111 cm³/mol. The summed E-state index contributed by atoms with van der Waals surface area (Å²) in [5.41, 5.74) is 11.0. The number of aryl methyl sites for hydroxylation is 1. The van der Waals surface area contributed by atoms with Crippen molar-refractivity contribution in [3.8, 4) is 0 Å². The number of aromatic nitrogens is 5. The lowest BCUT2D eigenvalue weighted by molar-refractivity contribution is -0.125. The molecule has 2 N–H and O–H groups in total. The van der Waals surface area contributed by atoms with Crippen LogP contribution in [0.4, 0.5) is 5.82 Å². The van der Waals surface area contributed by atoms with Gasteiger partial charge < -0.3 is 10.5 Å². The Balaban J connectivity index is 1.97. The number of carbonyl (C=O) groups excluding carboxylic acids is 1. The number of ether oxygens (including phenoxy) is 1. The van der Waals surface area contributed by atoms with Crippen molar-refractivity contribution in [1.29, 1.82) is 0 Å². The normalized spacial score (nSPS) is 13.2. The molecular weight excluding hydrogens is 388 g/mol. The zero-order valence-electron chi connectivity index (χ0n) is 15.8. The molecule has 1 aromatic carbocycles. The zero-order valence-corrected chi connectivity index (χ0v) is 16.6. The van der Waals surface area contributed by atoms with E-state index < -0.39 is 6.04 Å². The Morgan fingerprint density at radius 2 is 2.10 bits per heavy atom. The van der Waals surface area contributed by atoms with Crippen LogP contribution in [0.1, 0.15) is 29.0 Å². The molecule has 146 valence electrons. The van der Waals surface area contributed by atoms with Crippen LogP contribution in [-0.2, 0) is 9.53 Å². The quantitative estimate of drug-likeness (QED) is 0.386. The first-order chi connectivity index (χ1) is 14.1. The number of benzene rings is 1. The van der Waals surface area contributed by atoms with Gasteiger partial charge in [0.25, 0.3) is 6.47 Å². The average molecular weight is 406 g/mol. The molecule has 29 heavy (non-hydrogen) atoms. The Bertz CT molecular complexity index is 1200. The summed E-state index contributed by atoms with van der Waals surface area (Å²) in [7, 11) is 0. The SMILES string of the molecule is Cc1ccccc1/C(=C(\OC=O)C(C)n1ncc2c(N)ncnc21)c1cncs1. The van der Waals surface area contributed by atoms with E-state index in [2.05, 4.69) is 20.1 Å². The number of nitrogens with two attached hydrogens (primary N) is 1. The highest BCUT2D eigenvalue weighted by atomic mass is 32.1. The molecule has 3 aromatic heterocycles. The first-order valence-corrected chi connectivity index (χ1v) is 9.72.